The molecule has 0 unspecified atom stereocenters. The molecule has 12 heteroatoms. The highest BCUT2D eigenvalue weighted by molar-refractivity contribution is 7.89. The molecule has 1 aromatic carbocycles. The molecule has 2 rings (SSSR count). The maximum Gasteiger partial charge on any atom is 0.416 e. The molecule has 1 aromatic rings. The molecule has 0 atom stereocenters. The Labute approximate surface area is 160 Å². The van der Waals surface area contributed by atoms with Gasteiger partial charge in [-0.25, -0.2) is 8.42 Å². The number of rotatable bonds is 7. The Morgan fingerprint density at radius 3 is 2.57 bits per heavy atom. The van der Waals surface area contributed by atoms with Gasteiger partial charge in [-0.3, -0.25) is 4.79 Å². The van der Waals surface area contributed by atoms with E-state index in [1.54, 1.807) is 0 Å². The first kappa shape index (κ1) is 22.1. The molecule has 0 bridgehead atoms. The Bertz CT molecular complexity index is 817. The van der Waals surface area contributed by atoms with E-state index in [-0.39, 0.29) is 38.4 Å². The van der Waals surface area contributed by atoms with Crippen molar-refractivity contribution in [1.82, 2.24) is 9.62 Å². The fraction of sp³-hybridized carbons (Fsp3) is 0.500. The standard InChI is InChI=1S/C16H21F3N4O4S/c17-16(18,19)12-2-1-3-14(10-12)28(25,26)23-8-4-13(5-9-23)22-27-11-15(24)21-7-6-20/h1-3,10H,4-9,11,20H2,(H,21,24). The molecule has 1 fully saturated rings. The van der Waals surface area contributed by atoms with Crippen molar-refractivity contribution in [2.24, 2.45) is 10.9 Å². The van der Waals surface area contributed by atoms with Crippen LogP contribution in [0.1, 0.15) is 18.4 Å². The summed E-state index contributed by atoms with van der Waals surface area (Å²) in [5.74, 6) is -0.376. The predicted octanol–water partition coefficient (Wildman–Crippen LogP) is 0.937. The summed E-state index contributed by atoms with van der Waals surface area (Å²) < 4.78 is 64.8. The minimum absolute atomic E-state index is 0.0557. The second-order valence-electron chi connectivity index (χ2n) is 6.00. The number of sulfonamides is 1. The molecule has 8 nitrogen and oxygen atoms in total. The maximum atomic E-state index is 12.8. The summed E-state index contributed by atoms with van der Waals surface area (Å²) in [5.41, 5.74) is 4.80. The molecule has 1 aliphatic heterocycles. The Hall–Kier alpha value is -2.18. The van der Waals surface area contributed by atoms with Crippen molar-refractivity contribution in [2.75, 3.05) is 32.8 Å². The molecule has 0 spiro atoms. The minimum Gasteiger partial charge on any atom is -0.386 e. The lowest BCUT2D eigenvalue weighted by Gasteiger charge is -2.26. The van der Waals surface area contributed by atoms with Gasteiger partial charge in [-0.1, -0.05) is 11.2 Å². The zero-order valence-electron chi connectivity index (χ0n) is 14.9. The lowest BCUT2D eigenvalue weighted by Crippen LogP contribution is -2.38. The normalized spacial score (nSPS) is 15.9. The summed E-state index contributed by atoms with van der Waals surface area (Å²) in [4.78, 5) is 15.9. The summed E-state index contributed by atoms with van der Waals surface area (Å²) in [6.07, 6.45) is -4.12. The topological polar surface area (TPSA) is 114 Å². The van der Waals surface area contributed by atoms with Crippen LogP contribution in [-0.4, -0.2) is 57.1 Å². The highest BCUT2D eigenvalue weighted by Crippen LogP contribution is 2.31. The summed E-state index contributed by atoms with van der Waals surface area (Å²) in [7, 11) is -4.05. The van der Waals surface area contributed by atoms with Gasteiger partial charge in [0, 0.05) is 39.0 Å². The predicted molar refractivity (Wildman–Crippen MR) is 94.9 cm³/mol. The van der Waals surface area contributed by atoms with Gasteiger partial charge in [0.25, 0.3) is 5.91 Å². The van der Waals surface area contributed by atoms with Gasteiger partial charge in [0.1, 0.15) is 0 Å². The number of hydrogen-bond donors (Lipinski definition) is 2. The fourth-order valence-electron chi connectivity index (χ4n) is 2.50. The van der Waals surface area contributed by atoms with Gasteiger partial charge in [0.05, 0.1) is 16.2 Å². The van der Waals surface area contributed by atoms with Crippen LogP contribution in [0.3, 0.4) is 0 Å². The van der Waals surface area contributed by atoms with Crippen LogP contribution in [0.5, 0.6) is 0 Å². The van der Waals surface area contributed by atoms with Gasteiger partial charge in [-0.2, -0.15) is 17.5 Å². The van der Waals surface area contributed by atoms with Gasteiger partial charge in [0.15, 0.2) is 6.61 Å². The highest BCUT2D eigenvalue weighted by Gasteiger charge is 2.33. The third-order valence-electron chi connectivity index (χ3n) is 3.95. The molecular weight excluding hydrogens is 401 g/mol. The average Bonchev–Trinajstić information content (AvgIpc) is 2.66. The number of oxime groups is 1. The maximum absolute atomic E-state index is 12.8. The number of carbonyl (C=O) groups is 1. The number of nitrogens with one attached hydrogen (secondary N) is 1. The van der Waals surface area contributed by atoms with Crippen molar-refractivity contribution in [3.63, 3.8) is 0 Å². The zero-order valence-corrected chi connectivity index (χ0v) is 15.7. The Morgan fingerprint density at radius 1 is 1.29 bits per heavy atom. The van der Waals surface area contributed by atoms with E-state index < -0.39 is 26.7 Å². The highest BCUT2D eigenvalue weighted by atomic mass is 32.2. The largest absolute Gasteiger partial charge is 0.416 e. The Morgan fingerprint density at radius 2 is 1.96 bits per heavy atom. The fourth-order valence-corrected chi connectivity index (χ4v) is 3.99. The van der Waals surface area contributed by atoms with Crippen molar-refractivity contribution >= 4 is 21.6 Å². The summed E-state index contributed by atoms with van der Waals surface area (Å²) >= 11 is 0. The number of hydrogen-bond acceptors (Lipinski definition) is 6. The SMILES string of the molecule is NCCNC(=O)CON=C1CCN(S(=O)(=O)c2cccc(C(F)(F)F)c2)CC1. The average molecular weight is 422 g/mol. The molecule has 1 amide bonds. The third-order valence-corrected chi connectivity index (χ3v) is 5.85. The first-order valence-electron chi connectivity index (χ1n) is 8.46. The number of nitrogens with zero attached hydrogens (tertiary/aromatic N) is 2. The van der Waals surface area contributed by atoms with Crippen molar-refractivity contribution in [3.8, 4) is 0 Å². The number of halogens is 3. The molecule has 156 valence electrons. The molecule has 1 saturated heterocycles. The number of amides is 1. The molecule has 28 heavy (non-hydrogen) atoms. The van der Waals surface area contributed by atoms with Crippen LogP contribution in [0.2, 0.25) is 0 Å². The number of alkyl halides is 3. The summed E-state index contributed by atoms with van der Waals surface area (Å²) in [6, 6.07) is 3.65. The molecule has 0 radical (unpaired) electrons. The van der Waals surface area contributed by atoms with E-state index in [2.05, 4.69) is 10.5 Å². The first-order valence-corrected chi connectivity index (χ1v) is 9.90. The van der Waals surface area contributed by atoms with Gasteiger partial charge in [0.2, 0.25) is 10.0 Å². The van der Waals surface area contributed by atoms with E-state index in [9.17, 15) is 26.4 Å². The summed E-state index contributed by atoms with van der Waals surface area (Å²) in [6.45, 7) is 0.452. The number of carbonyl (C=O) groups excluding carboxylic acids is 1. The Kier molecular flexibility index (Phi) is 7.38. The summed E-state index contributed by atoms with van der Waals surface area (Å²) in [5, 5.41) is 6.33. The molecule has 3 N–H and O–H groups in total. The van der Waals surface area contributed by atoms with E-state index in [4.69, 9.17) is 10.6 Å². The van der Waals surface area contributed by atoms with Crippen LogP contribution < -0.4 is 11.1 Å². The molecule has 1 heterocycles. The molecule has 0 aliphatic carbocycles. The van der Waals surface area contributed by atoms with Gasteiger partial charge >= 0.3 is 6.18 Å². The van der Waals surface area contributed by atoms with Crippen LogP contribution in [0.25, 0.3) is 0 Å². The van der Waals surface area contributed by atoms with E-state index in [0.717, 1.165) is 22.5 Å². The second-order valence-corrected chi connectivity index (χ2v) is 7.94. The van der Waals surface area contributed by atoms with Gasteiger partial charge in [-0.15, -0.1) is 0 Å². The van der Waals surface area contributed by atoms with E-state index in [1.165, 1.54) is 0 Å². The van der Waals surface area contributed by atoms with Crippen molar-refractivity contribution in [2.45, 2.75) is 23.9 Å². The lowest BCUT2D eigenvalue weighted by atomic mass is 10.1. The van der Waals surface area contributed by atoms with Gasteiger partial charge in [-0.05, 0) is 18.2 Å². The van der Waals surface area contributed by atoms with Crippen LogP contribution in [0.4, 0.5) is 13.2 Å². The van der Waals surface area contributed by atoms with Crippen LogP contribution in [0.15, 0.2) is 34.3 Å². The number of piperidine rings is 1. The van der Waals surface area contributed by atoms with Crippen molar-refractivity contribution in [1.29, 1.82) is 0 Å². The first-order chi connectivity index (χ1) is 13.1. The zero-order chi connectivity index (χ0) is 20.8. The smallest absolute Gasteiger partial charge is 0.386 e. The number of benzene rings is 1. The van der Waals surface area contributed by atoms with Gasteiger partial charge < -0.3 is 15.9 Å². The van der Waals surface area contributed by atoms with E-state index in [0.29, 0.717) is 24.9 Å². The molecule has 1 aliphatic rings. The minimum atomic E-state index is -4.62. The third kappa shape index (κ3) is 5.91. The molecule has 0 aromatic heterocycles. The number of nitrogens with two attached hydrogens (primary N) is 1. The monoisotopic (exact) mass is 422 g/mol. The van der Waals surface area contributed by atoms with Crippen LogP contribution >= 0.6 is 0 Å². The molecular formula is C16H21F3N4O4S. The quantitative estimate of drug-likeness (QED) is 0.635. The van der Waals surface area contributed by atoms with E-state index >= 15 is 0 Å². The lowest BCUT2D eigenvalue weighted by molar-refractivity contribution is -0.137. The van der Waals surface area contributed by atoms with Crippen LogP contribution in [-0.2, 0) is 25.8 Å². The van der Waals surface area contributed by atoms with Crippen LogP contribution in [0, 0.1) is 0 Å². The van der Waals surface area contributed by atoms with Crippen molar-refractivity contribution < 1.29 is 31.2 Å². The van der Waals surface area contributed by atoms with Crippen molar-refractivity contribution in [3.05, 3.63) is 29.8 Å². The van der Waals surface area contributed by atoms with E-state index in [1.807, 2.05) is 0 Å². The Balaban J connectivity index is 1.95. The second kappa shape index (κ2) is 9.34. The molecule has 0 saturated carbocycles.